The number of hydrogen-bond donors (Lipinski definition) is 2. The van der Waals surface area contributed by atoms with Crippen molar-refractivity contribution in [1.82, 2.24) is 25.4 Å². The summed E-state index contributed by atoms with van der Waals surface area (Å²) < 4.78 is 1.62. The van der Waals surface area contributed by atoms with Gasteiger partial charge in [0.05, 0.1) is 0 Å². The maximum atomic E-state index is 12.0. The van der Waals surface area contributed by atoms with Crippen LogP contribution < -0.4 is 10.6 Å². The monoisotopic (exact) mass is 259 g/mol. The summed E-state index contributed by atoms with van der Waals surface area (Å²) in [5.74, 6) is 0.440. The fraction of sp³-hybridized carbons (Fsp3) is 0.308. The lowest BCUT2D eigenvalue weighted by molar-refractivity contribution is 0.0945. The van der Waals surface area contributed by atoms with Crippen molar-refractivity contribution in [3.63, 3.8) is 0 Å². The highest BCUT2D eigenvalue weighted by Crippen LogP contribution is 2.04. The lowest BCUT2D eigenvalue weighted by atomic mass is 10.3. The highest BCUT2D eigenvalue weighted by atomic mass is 16.1. The van der Waals surface area contributed by atoms with E-state index >= 15 is 0 Å². The van der Waals surface area contributed by atoms with Gasteiger partial charge in [0.1, 0.15) is 5.69 Å². The summed E-state index contributed by atoms with van der Waals surface area (Å²) in [4.78, 5) is 16.2. The number of pyridine rings is 1. The second-order valence-electron chi connectivity index (χ2n) is 4.23. The zero-order valence-corrected chi connectivity index (χ0v) is 11.0. The van der Waals surface area contributed by atoms with Crippen LogP contribution in [0.25, 0.3) is 5.82 Å². The first kappa shape index (κ1) is 13.2. The SMILES string of the molecule is CNC(C)CNC(=O)c1cccc(-n2cccn2)n1. The van der Waals surface area contributed by atoms with Crippen molar-refractivity contribution in [1.29, 1.82) is 0 Å². The van der Waals surface area contributed by atoms with Crippen LogP contribution in [0.2, 0.25) is 0 Å². The van der Waals surface area contributed by atoms with Crippen LogP contribution in [0.1, 0.15) is 17.4 Å². The Bertz CT molecular complexity index is 538. The molecule has 0 bridgehead atoms. The van der Waals surface area contributed by atoms with E-state index in [0.717, 1.165) is 0 Å². The molecule has 0 saturated carbocycles. The Hall–Kier alpha value is -2.21. The lowest BCUT2D eigenvalue weighted by Gasteiger charge is -2.11. The van der Waals surface area contributed by atoms with Crippen LogP contribution in [-0.2, 0) is 0 Å². The molecule has 100 valence electrons. The number of nitrogens with one attached hydrogen (secondary N) is 2. The van der Waals surface area contributed by atoms with Crippen molar-refractivity contribution in [2.75, 3.05) is 13.6 Å². The van der Waals surface area contributed by atoms with Gasteiger partial charge >= 0.3 is 0 Å². The van der Waals surface area contributed by atoms with E-state index in [4.69, 9.17) is 0 Å². The number of aromatic nitrogens is 3. The van der Waals surface area contributed by atoms with Gasteiger partial charge < -0.3 is 10.6 Å². The van der Waals surface area contributed by atoms with Crippen LogP contribution in [0.5, 0.6) is 0 Å². The maximum absolute atomic E-state index is 12.0. The van der Waals surface area contributed by atoms with E-state index in [2.05, 4.69) is 20.7 Å². The fourth-order valence-corrected chi connectivity index (χ4v) is 1.52. The Balaban J connectivity index is 2.08. The maximum Gasteiger partial charge on any atom is 0.270 e. The standard InChI is InChI=1S/C13H17N5O/c1-10(14-2)9-15-13(19)11-5-3-6-12(17-11)18-8-4-7-16-18/h3-8,10,14H,9H2,1-2H3,(H,15,19). The molecule has 1 unspecified atom stereocenters. The zero-order chi connectivity index (χ0) is 13.7. The molecule has 2 heterocycles. The van der Waals surface area contributed by atoms with Crippen LogP contribution >= 0.6 is 0 Å². The van der Waals surface area contributed by atoms with E-state index in [1.165, 1.54) is 0 Å². The van der Waals surface area contributed by atoms with E-state index in [1.54, 1.807) is 35.3 Å². The predicted octanol–water partition coefficient (Wildman–Crippen LogP) is 0.605. The summed E-state index contributed by atoms with van der Waals surface area (Å²) in [6.07, 6.45) is 3.45. The molecule has 0 aromatic carbocycles. The summed E-state index contributed by atoms with van der Waals surface area (Å²) in [6.45, 7) is 2.55. The molecule has 6 nitrogen and oxygen atoms in total. The van der Waals surface area contributed by atoms with Gasteiger partial charge in [0, 0.05) is 25.0 Å². The molecule has 0 radical (unpaired) electrons. The summed E-state index contributed by atoms with van der Waals surface area (Å²) in [7, 11) is 1.85. The molecule has 2 rings (SSSR count). The molecule has 6 heteroatoms. The highest BCUT2D eigenvalue weighted by Gasteiger charge is 2.09. The van der Waals surface area contributed by atoms with Crippen LogP contribution in [0.4, 0.5) is 0 Å². The molecule has 0 aliphatic carbocycles. The third kappa shape index (κ3) is 3.38. The molecule has 1 atom stereocenters. The second kappa shape index (κ2) is 6.10. The lowest BCUT2D eigenvalue weighted by Crippen LogP contribution is -2.37. The molecule has 1 amide bonds. The molecule has 2 aromatic rings. The molecule has 0 fully saturated rings. The van der Waals surface area contributed by atoms with Crippen molar-refractivity contribution in [2.45, 2.75) is 13.0 Å². The van der Waals surface area contributed by atoms with Crippen molar-refractivity contribution < 1.29 is 4.79 Å². The molecule has 0 aliphatic rings. The minimum Gasteiger partial charge on any atom is -0.349 e. The Kier molecular flexibility index (Phi) is 4.25. The van der Waals surface area contributed by atoms with E-state index < -0.39 is 0 Å². The van der Waals surface area contributed by atoms with Gasteiger partial charge in [0.2, 0.25) is 0 Å². The van der Waals surface area contributed by atoms with Gasteiger partial charge in [-0.3, -0.25) is 4.79 Å². The van der Waals surface area contributed by atoms with Crippen LogP contribution in [0, 0.1) is 0 Å². The molecule has 0 aliphatic heterocycles. The average molecular weight is 259 g/mol. The first-order valence-corrected chi connectivity index (χ1v) is 6.13. The molecule has 0 saturated heterocycles. The third-order valence-electron chi connectivity index (χ3n) is 2.77. The van der Waals surface area contributed by atoms with Gasteiger partial charge in [0.15, 0.2) is 5.82 Å². The largest absolute Gasteiger partial charge is 0.349 e. The summed E-state index contributed by atoms with van der Waals surface area (Å²) in [5.41, 5.74) is 0.385. The predicted molar refractivity (Wildman–Crippen MR) is 72.2 cm³/mol. The highest BCUT2D eigenvalue weighted by molar-refractivity contribution is 5.92. The van der Waals surface area contributed by atoms with Crippen molar-refractivity contribution in [2.24, 2.45) is 0 Å². The van der Waals surface area contributed by atoms with Crippen LogP contribution in [0.3, 0.4) is 0 Å². The molecular weight excluding hydrogens is 242 g/mol. The number of rotatable bonds is 5. The van der Waals surface area contributed by atoms with Crippen LogP contribution in [-0.4, -0.2) is 40.3 Å². The molecular formula is C13H17N5O. The topological polar surface area (TPSA) is 71.8 Å². The Morgan fingerprint density at radius 2 is 2.26 bits per heavy atom. The van der Waals surface area contributed by atoms with E-state index in [9.17, 15) is 4.79 Å². The summed E-state index contributed by atoms with van der Waals surface area (Å²) in [5, 5.41) is 9.97. The normalized spacial score (nSPS) is 12.1. The Morgan fingerprint density at radius 3 is 2.95 bits per heavy atom. The summed E-state index contributed by atoms with van der Waals surface area (Å²) >= 11 is 0. The van der Waals surface area contributed by atoms with Gasteiger partial charge in [-0.2, -0.15) is 5.10 Å². The third-order valence-corrected chi connectivity index (χ3v) is 2.77. The molecule has 0 spiro atoms. The number of amides is 1. The summed E-state index contributed by atoms with van der Waals surface area (Å²) in [6, 6.07) is 7.31. The van der Waals surface area contributed by atoms with Gasteiger partial charge in [-0.05, 0) is 32.2 Å². The van der Waals surface area contributed by atoms with Gasteiger partial charge in [-0.1, -0.05) is 6.07 Å². The first-order valence-electron chi connectivity index (χ1n) is 6.13. The number of carbonyl (C=O) groups is 1. The molecule has 2 aromatic heterocycles. The van der Waals surface area contributed by atoms with Crippen molar-refractivity contribution in [3.8, 4) is 5.82 Å². The Morgan fingerprint density at radius 1 is 1.42 bits per heavy atom. The molecule has 19 heavy (non-hydrogen) atoms. The average Bonchev–Trinajstić information content (AvgIpc) is 2.98. The number of carbonyl (C=O) groups excluding carboxylic acids is 1. The number of hydrogen-bond acceptors (Lipinski definition) is 4. The minimum absolute atomic E-state index is 0.184. The number of likely N-dealkylation sites (N-methyl/N-ethyl adjacent to an activating group) is 1. The quantitative estimate of drug-likeness (QED) is 0.825. The Labute approximate surface area is 111 Å². The van der Waals surface area contributed by atoms with Gasteiger partial charge in [0.25, 0.3) is 5.91 Å². The van der Waals surface area contributed by atoms with Crippen molar-refractivity contribution in [3.05, 3.63) is 42.4 Å². The minimum atomic E-state index is -0.184. The van der Waals surface area contributed by atoms with Crippen molar-refractivity contribution >= 4 is 5.91 Å². The zero-order valence-electron chi connectivity index (χ0n) is 11.0. The smallest absolute Gasteiger partial charge is 0.270 e. The van der Waals surface area contributed by atoms with E-state index in [1.807, 2.05) is 20.0 Å². The first-order chi connectivity index (χ1) is 9.20. The fourth-order valence-electron chi connectivity index (χ4n) is 1.52. The van der Waals surface area contributed by atoms with Crippen LogP contribution in [0.15, 0.2) is 36.7 Å². The molecule has 2 N–H and O–H groups in total. The van der Waals surface area contributed by atoms with Gasteiger partial charge in [-0.15, -0.1) is 0 Å². The van der Waals surface area contributed by atoms with E-state index in [-0.39, 0.29) is 11.9 Å². The second-order valence-corrected chi connectivity index (χ2v) is 4.23. The number of nitrogens with zero attached hydrogens (tertiary/aromatic N) is 3. The van der Waals surface area contributed by atoms with E-state index in [0.29, 0.717) is 18.1 Å². The van der Waals surface area contributed by atoms with Gasteiger partial charge in [-0.25, -0.2) is 9.67 Å².